The van der Waals surface area contributed by atoms with Gasteiger partial charge in [-0.2, -0.15) is 0 Å². The van der Waals surface area contributed by atoms with Crippen molar-refractivity contribution in [3.63, 3.8) is 0 Å². The zero-order valence-electron chi connectivity index (χ0n) is 12.0. The van der Waals surface area contributed by atoms with Crippen LogP contribution in [0, 0.1) is 6.92 Å². The number of methoxy groups -OCH3 is 1. The average Bonchev–Trinajstić information content (AvgIpc) is 2.76. The SMILES string of the molecule is CO[C@@H](C)CS(=O)(=O)N(C)c1ccc2nc(C)sc2c1. The van der Waals surface area contributed by atoms with Crippen LogP contribution in [0.1, 0.15) is 11.9 Å². The van der Waals surface area contributed by atoms with Gasteiger partial charge in [0.25, 0.3) is 0 Å². The molecule has 110 valence electrons. The first-order valence-corrected chi connectivity index (χ1v) is 8.62. The van der Waals surface area contributed by atoms with Crippen molar-refractivity contribution in [3.05, 3.63) is 23.2 Å². The Morgan fingerprint density at radius 1 is 1.45 bits per heavy atom. The van der Waals surface area contributed by atoms with Crippen LogP contribution in [0.3, 0.4) is 0 Å². The van der Waals surface area contributed by atoms with Gasteiger partial charge >= 0.3 is 0 Å². The molecule has 7 heteroatoms. The minimum atomic E-state index is -3.39. The van der Waals surface area contributed by atoms with Crippen LogP contribution in [0.5, 0.6) is 0 Å². The van der Waals surface area contributed by atoms with Crippen molar-refractivity contribution in [3.8, 4) is 0 Å². The predicted octanol–water partition coefficient (Wildman–Crippen LogP) is 2.41. The van der Waals surface area contributed by atoms with E-state index in [1.807, 2.05) is 19.1 Å². The summed E-state index contributed by atoms with van der Waals surface area (Å²) in [6.45, 7) is 3.67. The molecule has 0 aliphatic carbocycles. The van der Waals surface area contributed by atoms with Gasteiger partial charge in [-0.1, -0.05) is 0 Å². The number of hydrogen-bond donors (Lipinski definition) is 0. The van der Waals surface area contributed by atoms with Crippen molar-refractivity contribution in [1.29, 1.82) is 0 Å². The maximum atomic E-state index is 12.3. The van der Waals surface area contributed by atoms with E-state index in [4.69, 9.17) is 4.74 Å². The van der Waals surface area contributed by atoms with Gasteiger partial charge in [0, 0.05) is 14.2 Å². The van der Waals surface area contributed by atoms with Crippen LogP contribution in [0.25, 0.3) is 10.2 Å². The number of thiazole rings is 1. The first-order chi connectivity index (χ1) is 9.33. The lowest BCUT2D eigenvalue weighted by Gasteiger charge is -2.21. The lowest BCUT2D eigenvalue weighted by atomic mass is 10.3. The average molecular weight is 314 g/mol. The van der Waals surface area contributed by atoms with E-state index in [1.165, 1.54) is 11.4 Å². The maximum Gasteiger partial charge on any atom is 0.237 e. The van der Waals surface area contributed by atoms with Gasteiger partial charge in [-0.3, -0.25) is 4.31 Å². The van der Waals surface area contributed by atoms with Gasteiger partial charge in [-0.15, -0.1) is 11.3 Å². The van der Waals surface area contributed by atoms with Crippen LogP contribution in [-0.4, -0.2) is 39.4 Å². The van der Waals surface area contributed by atoms with Crippen LogP contribution < -0.4 is 4.31 Å². The second-order valence-corrected chi connectivity index (χ2v) is 7.96. The number of anilines is 1. The number of rotatable bonds is 5. The van der Waals surface area contributed by atoms with Gasteiger partial charge in [0.05, 0.1) is 32.8 Å². The summed E-state index contributed by atoms with van der Waals surface area (Å²) in [5.41, 5.74) is 1.54. The van der Waals surface area contributed by atoms with Crippen molar-refractivity contribution in [2.24, 2.45) is 0 Å². The van der Waals surface area contributed by atoms with E-state index in [0.717, 1.165) is 15.2 Å². The third kappa shape index (κ3) is 3.11. The number of fused-ring (bicyclic) bond motifs is 1. The molecule has 0 radical (unpaired) electrons. The number of ether oxygens (including phenoxy) is 1. The Kier molecular flexibility index (Phi) is 4.31. The minimum absolute atomic E-state index is 0.0419. The third-order valence-corrected chi connectivity index (χ3v) is 5.98. The van der Waals surface area contributed by atoms with Gasteiger partial charge < -0.3 is 4.74 Å². The standard InChI is InChI=1S/C13H18N2O3S2/c1-9(18-4)8-20(16,17)15(3)11-5-6-12-13(7-11)19-10(2)14-12/h5-7,9H,8H2,1-4H3/t9-/m0/s1. The summed E-state index contributed by atoms with van der Waals surface area (Å²) in [6.07, 6.45) is -0.336. The quantitative estimate of drug-likeness (QED) is 0.850. The summed E-state index contributed by atoms with van der Waals surface area (Å²) >= 11 is 1.56. The molecular weight excluding hydrogens is 296 g/mol. The first kappa shape index (κ1) is 15.2. The number of hydrogen-bond acceptors (Lipinski definition) is 5. The maximum absolute atomic E-state index is 12.3. The predicted molar refractivity (Wildman–Crippen MR) is 83.0 cm³/mol. The van der Waals surface area contributed by atoms with Crippen LogP contribution in [0.4, 0.5) is 5.69 Å². The monoisotopic (exact) mass is 314 g/mol. The molecule has 0 unspecified atom stereocenters. The number of sulfonamides is 1. The molecule has 1 atom stereocenters. The Morgan fingerprint density at radius 2 is 2.15 bits per heavy atom. The van der Waals surface area contributed by atoms with Crippen molar-refractivity contribution in [2.45, 2.75) is 20.0 Å². The lowest BCUT2D eigenvalue weighted by Crippen LogP contribution is -2.33. The van der Waals surface area contributed by atoms with Gasteiger partial charge in [-0.25, -0.2) is 13.4 Å². The molecule has 0 saturated carbocycles. The third-order valence-electron chi connectivity index (χ3n) is 3.11. The molecular formula is C13H18N2O3S2. The molecule has 1 heterocycles. The molecule has 1 aromatic heterocycles. The highest BCUT2D eigenvalue weighted by atomic mass is 32.2. The smallest absolute Gasteiger partial charge is 0.237 e. The van der Waals surface area contributed by atoms with Crippen LogP contribution in [0.15, 0.2) is 18.2 Å². The number of benzene rings is 1. The van der Waals surface area contributed by atoms with Crippen molar-refractivity contribution >= 4 is 37.3 Å². The fraction of sp³-hybridized carbons (Fsp3) is 0.462. The van der Waals surface area contributed by atoms with Crippen LogP contribution in [0.2, 0.25) is 0 Å². The highest BCUT2D eigenvalue weighted by molar-refractivity contribution is 7.92. The summed E-state index contributed by atoms with van der Waals surface area (Å²) in [4.78, 5) is 4.37. The molecule has 0 aliphatic heterocycles. The first-order valence-electron chi connectivity index (χ1n) is 6.20. The number of aromatic nitrogens is 1. The van der Waals surface area contributed by atoms with E-state index in [9.17, 15) is 8.42 Å². The highest BCUT2D eigenvalue weighted by Crippen LogP contribution is 2.27. The molecule has 0 aliphatic rings. The van der Waals surface area contributed by atoms with E-state index >= 15 is 0 Å². The Morgan fingerprint density at radius 3 is 2.80 bits per heavy atom. The molecule has 0 amide bonds. The Bertz CT molecular complexity index is 709. The van der Waals surface area contributed by atoms with Gasteiger partial charge in [0.2, 0.25) is 10.0 Å². The Hall–Kier alpha value is -1.18. The van der Waals surface area contributed by atoms with Gasteiger partial charge in [0.1, 0.15) is 0 Å². The fourth-order valence-corrected chi connectivity index (χ4v) is 4.11. The summed E-state index contributed by atoms with van der Waals surface area (Å²) in [7, 11) is -0.325. The summed E-state index contributed by atoms with van der Waals surface area (Å²) in [5.74, 6) is -0.0419. The molecule has 0 fully saturated rings. The van der Waals surface area contributed by atoms with Crippen LogP contribution >= 0.6 is 11.3 Å². The van der Waals surface area contributed by atoms with Crippen molar-refractivity contribution in [2.75, 3.05) is 24.2 Å². The molecule has 0 N–H and O–H groups in total. The van der Waals surface area contributed by atoms with E-state index in [2.05, 4.69) is 4.98 Å². The Labute approximate surface area is 123 Å². The van der Waals surface area contributed by atoms with E-state index in [0.29, 0.717) is 5.69 Å². The zero-order chi connectivity index (χ0) is 14.9. The second-order valence-electron chi connectivity index (χ2n) is 4.68. The largest absolute Gasteiger partial charge is 0.381 e. The molecule has 0 bridgehead atoms. The van der Waals surface area contributed by atoms with Gasteiger partial charge in [-0.05, 0) is 32.0 Å². The zero-order valence-corrected chi connectivity index (χ0v) is 13.6. The van der Waals surface area contributed by atoms with E-state index in [-0.39, 0.29) is 11.9 Å². The normalized spacial score (nSPS) is 13.6. The summed E-state index contributed by atoms with van der Waals surface area (Å²) in [5, 5.41) is 0.968. The molecule has 2 rings (SSSR count). The van der Waals surface area contributed by atoms with Crippen molar-refractivity contribution < 1.29 is 13.2 Å². The topological polar surface area (TPSA) is 59.5 Å². The molecule has 20 heavy (non-hydrogen) atoms. The molecule has 5 nitrogen and oxygen atoms in total. The molecule has 2 aromatic rings. The summed E-state index contributed by atoms with van der Waals surface area (Å²) in [6, 6.07) is 5.48. The summed E-state index contributed by atoms with van der Waals surface area (Å²) < 4.78 is 31.9. The number of nitrogens with zero attached hydrogens (tertiary/aromatic N) is 2. The molecule has 1 aromatic carbocycles. The Balaban J connectivity index is 2.32. The lowest BCUT2D eigenvalue weighted by molar-refractivity contribution is 0.136. The fourth-order valence-electron chi connectivity index (χ4n) is 1.86. The van der Waals surface area contributed by atoms with Gasteiger partial charge in [0.15, 0.2) is 0 Å². The van der Waals surface area contributed by atoms with E-state index in [1.54, 1.807) is 31.4 Å². The molecule has 0 spiro atoms. The minimum Gasteiger partial charge on any atom is -0.381 e. The van der Waals surface area contributed by atoms with E-state index < -0.39 is 10.0 Å². The highest BCUT2D eigenvalue weighted by Gasteiger charge is 2.22. The van der Waals surface area contributed by atoms with Crippen LogP contribution in [-0.2, 0) is 14.8 Å². The van der Waals surface area contributed by atoms with Crippen molar-refractivity contribution in [1.82, 2.24) is 4.98 Å². The second kappa shape index (κ2) is 5.67. The number of aryl methyl sites for hydroxylation is 1. The molecule has 0 saturated heterocycles.